The summed E-state index contributed by atoms with van der Waals surface area (Å²) < 4.78 is 5.34. The van der Waals surface area contributed by atoms with Crippen LogP contribution in [0.1, 0.15) is 48.5 Å². The maximum absolute atomic E-state index is 12.0. The zero-order valence-corrected chi connectivity index (χ0v) is 11.4. The van der Waals surface area contributed by atoms with E-state index in [1.807, 2.05) is 48.5 Å². The third kappa shape index (κ3) is 4.14. The number of hydrogen-bond acceptors (Lipinski definition) is 2. The highest BCUT2D eigenvalue weighted by Gasteiger charge is 2.34. The normalized spacial score (nSPS) is 12.2. The van der Waals surface area contributed by atoms with E-state index >= 15 is 0 Å². The molecule has 92 valence electrons. The van der Waals surface area contributed by atoms with Gasteiger partial charge in [-0.3, -0.25) is 4.90 Å². The van der Waals surface area contributed by atoms with E-state index < -0.39 is 11.1 Å². The molecular formula is C13H23NO2. The van der Waals surface area contributed by atoms with Crippen molar-refractivity contribution < 1.29 is 9.53 Å². The highest BCUT2D eigenvalue weighted by molar-refractivity contribution is 5.70. The number of rotatable bonds is 2. The Morgan fingerprint density at radius 3 is 1.94 bits per heavy atom. The smallest absolute Gasteiger partial charge is 0.411 e. The summed E-state index contributed by atoms with van der Waals surface area (Å²) in [6.07, 6.45) is 5.08. The first-order valence-corrected chi connectivity index (χ1v) is 5.51. The Labute approximate surface area is 99.2 Å². The van der Waals surface area contributed by atoms with E-state index in [2.05, 4.69) is 5.92 Å². The molecule has 16 heavy (non-hydrogen) atoms. The Balaban J connectivity index is 4.98. The second-order valence-corrected chi connectivity index (χ2v) is 5.65. The summed E-state index contributed by atoms with van der Waals surface area (Å²) in [6.45, 7) is 13.0. The van der Waals surface area contributed by atoms with Gasteiger partial charge in [0, 0.05) is 6.04 Å². The van der Waals surface area contributed by atoms with Crippen LogP contribution in [0.2, 0.25) is 0 Å². The Morgan fingerprint density at radius 1 is 1.25 bits per heavy atom. The fraction of sp³-hybridized carbons (Fsp3) is 0.769. The minimum atomic E-state index is -0.642. The van der Waals surface area contributed by atoms with Crippen molar-refractivity contribution in [1.29, 1.82) is 0 Å². The van der Waals surface area contributed by atoms with Crippen LogP contribution in [-0.4, -0.2) is 28.2 Å². The second-order valence-electron chi connectivity index (χ2n) is 5.65. The molecule has 0 aromatic heterocycles. The standard InChI is InChI=1S/C13H23NO2/c1-9-13(7,8)14(10(2)3)11(15)16-12(4,5)6/h1,10H,2-8H3. The molecule has 0 aromatic rings. The molecule has 0 radical (unpaired) electrons. The Bertz CT molecular complexity index is 292. The first-order chi connectivity index (χ1) is 7.01. The molecule has 0 unspecified atom stereocenters. The quantitative estimate of drug-likeness (QED) is 0.676. The molecule has 0 fully saturated rings. The van der Waals surface area contributed by atoms with Crippen molar-refractivity contribution in [2.24, 2.45) is 0 Å². The zero-order chi connectivity index (χ0) is 13.1. The molecule has 0 bridgehead atoms. The molecule has 3 heteroatoms. The van der Waals surface area contributed by atoms with Gasteiger partial charge in [0.05, 0.1) is 0 Å². The number of ether oxygens (including phenoxy) is 1. The maximum atomic E-state index is 12.0. The number of amides is 1. The van der Waals surface area contributed by atoms with E-state index in [0.717, 1.165) is 0 Å². The first-order valence-electron chi connectivity index (χ1n) is 5.51. The van der Waals surface area contributed by atoms with Crippen molar-refractivity contribution in [2.45, 2.75) is 65.6 Å². The van der Waals surface area contributed by atoms with E-state index in [1.54, 1.807) is 4.90 Å². The molecule has 0 saturated carbocycles. The van der Waals surface area contributed by atoms with Crippen LogP contribution < -0.4 is 0 Å². The zero-order valence-electron chi connectivity index (χ0n) is 11.4. The van der Waals surface area contributed by atoms with Gasteiger partial charge in [-0.15, -0.1) is 6.42 Å². The van der Waals surface area contributed by atoms with Crippen molar-refractivity contribution >= 4 is 6.09 Å². The third-order valence-corrected chi connectivity index (χ3v) is 2.06. The topological polar surface area (TPSA) is 29.5 Å². The van der Waals surface area contributed by atoms with Gasteiger partial charge in [-0.25, -0.2) is 4.79 Å². The van der Waals surface area contributed by atoms with Crippen LogP contribution in [0, 0.1) is 12.3 Å². The molecule has 3 nitrogen and oxygen atoms in total. The monoisotopic (exact) mass is 225 g/mol. The van der Waals surface area contributed by atoms with Crippen LogP contribution in [0.5, 0.6) is 0 Å². The SMILES string of the molecule is C#CC(C)(C)N(C(=O)OC(C)(C)C)C(C)C. The average molecular weight is 225 g/mol. The molecule has 0 rings (SSSR count). The van der Waals surface area contributed by atoms with E-state index in [9.17, 15) is 4.79 Å². The molecule has 0 saturated heterocycles. The van der Waals surface area contributed by atoms with Gasteiger partial charge in [-0.2, -0.15) is 0 Å². The second kappa shape index (κ2) is 4.78. The van der Waals surface area contributed by atoms with Gasteiger partial charge in [0.25, 0.3) is 0 Å². The van der Waals surface area contributed by atoms with Gasteiger partial charge in [-0.05, 0) is 48.5 Å². The number of carbonyl (C=O) groups is 1. The first kappa shape index (κ1) is 14.8. The van der Waals surface area contributed by atoms with E-state index in [1.165, 1.54) is 0 Å². The molecule has 0 atom stereocenters. The van der Waals surface area contributed by atoms with Gasteiger partial charge >= 0.3 is 6.09 Å². The predicted octanol–water partition coefficient (Wildman–Crippen LogP) is 3.04. The lowest BCUT2D eigenvalue weighted by Gasteiger charge is -2.38. The maximum Gasteiger partial charge on any atom is 0.411 e. The molecule has 0 N–H and O–H groups in total. The lowest BCUT2D eigenvalue weighted by Crippen LogP contribution is -2.52. The van der Waals surface area contributed by atoms with Crippen molar-refractivity contribution in [2.75, 3.05) is 0 Å². The third-order valence-electron chi connectivity index (χ3n) is 2.06. The number of carbonyl (C=O) groups excluding carboxylic acids is 1. The summed E-state index contributed by atoms with van der Waals surface area (Å²) >= 11 is 0. The molecule has 0 spiro atoms. The van der Waals surface area contributed by atoms with Crippen LogP contribution in [0.4, 0.5) is 4.79 Å². The fourth-order valence-corrected chi connectivity index (χ4v) is 1.47. The summed E-state index contributed by atoms with van der Waals surface area (Å²) in [5, 5.41) is 0. The van der Waals surface area contributed by atoms with Crippen LogP contribution in [-0.2, 0) is 4.74 Å². The number of nitrogens with zero attached hydrogens (tertiary/aromatic N) is 1. The van der Waals surface area contributed by atoms with Crippen LogP contribution in [0.15, 0.2) is 0 Å². The molecule has 0 aliphatic rings. The van der Waals surface area contributed by atoms with E-state index in [4.69, 9.17) is 11.2 Å². The van der Waals surface area contributed by atoms with Crippen molar-refractivity contribution in [3.63, 3.8) is 0 Å². The minimum Gasteiger partial charge on any atom is -0.444 e. The number of terminal acetylenes is 1. The van der Waals surface area contributed by atoms with E-state index in [-0.39, 0.29) is 12.1 Å². The Kier molecular flexibility index (Phi) is 4.43. The largest absolute Gasteiger partial charge is 0.444 e. The van der Waals surface area contributed by atoms with Gasteiger partial charge in [0.1, 0.15) is 11.1 Å². The summed E-state index contributed by atoms with van der Waals surface area (Å²) in [4.78, 5) is 13.6. The molecule has 0 heterocycles. The van der Waals surface area contributed by atoms with Gasteiger partial charge in [0.2, 0.25) is 0 Å². The lowest BCUT2D eigenvalue weighted by molar-refractivity contribution is 0.00361. The van der Waals surface area contributed by atoms with Crippen LogP contribution in [0.3, 0.4) is 0 Å². The molecule has 0 aliphatic heterocycles. The Morgan fingerprint density at radius 2 is 1.69 bits per heavy atom. The van der Waals surface area contributed by atoms with Gasteiger partial charge in [-0.1, -0.05) is 5.92 Å². The minimum absolute atomic E-state index is 0.000833. The predicted molar refractivity (Wildman–Crippen MR) is 66.1 cm³/mol. The van der Waals surface area contributed by atoms with Crippen molar-refractivity contribution in [1.82, 2.24) is 4.90 Å². The molecule has 0 aliphatic carbocycles. The lowest BCUT2D eigenvalue weighted by atomic mass is 10.0. The molecule has 1 amide bonds. The molecule has 0 aromatic carbocycles. The van der Waals surface area contributed by atoms with E-state index in [0.29, 0.717) is 0 Å². The van der Waals surface area contributed by atoms with Crippen molar-refractivity contribution in [3.8, 4) is 12.3 Å². The van der Waals surface area contributed by atoms with Crippen molar-refractivity contribution in [3.05, 3.63) is 0 Å². The Hall–Kier alpha value is -1.17. The summed E-state index contributed by atoms with van der Waals surface area (Å²) in [5.41, 5.74) is -1.15. The highest BCUT2D eigenvalue weighted by Crippen LogP contribution is 2.20. The fourth-order valence-electron chi connectivity index (χ4n) is 1.47. The van der Waals surface area contributed by atoms with Gasteiger partial charge in [0.15, 0.2) is 0 Å². The van der Waals surface area contributed by atoms with Crippen LogP contribution >= 0.6 is 0 Å². The van der Waals surface area contributed by atoms with Crippen LogP contribution in [0.25, 0.3) is 0 Å². The van der Waals surface area contributed by atoms with Gasteiger partial charge < -0.3 is 4.74 Å². The summed E-state index contributed by atoms with van der Waals surface area (Å²) in [6, 6.07) is 0.000833. The summed E-state index contributed by atoms with van der Waals surface area (Å²) in [5.74, 6) is 2.61. The summed E-state index contributed by atoms with van der Waals surface area (Å²) in [7, 11) is 0. The average Bonchev–Trinajstić information content (AvgIpc) is 1.98. The number of hydrogen-bond donors (Lipinski definition) is 0. The highest BCUT2D eigenvalue weighted by atomic mass is 16.6. The molecular weight excluding hydrogens is 202 g/mol.